The average molecular weight is 321 g/mol. The Kier molecular flexibility index (Phi) is 3.69. The number of fused-ring (bicyclic) bond motifs is 2. The van der Waals surface area contributed by atoms with Crippen molar-refractivity contribution in [2.75, 3.05) is 5.32 Å². The second kappa shape index (κ2) is 5.87. The number of benzene rings is 2. The minimum atomic E-state index is -1.15. The molecule has 0 radical (unpaired) electrons. The van der Waals surface area contributed by atoms with E-state index in [1.807, 2.05) is 42.5 Å². The van der Waals surface area contributed by atoms with Crippen molar-refractivity contribution in [2.45, 2.75) is 37.4 Å². The fourth-order valence-electron chi connectivity index (χ4n) is 3.69. The molecule has 0 aliphatic carbocycles. The Morgan fingerprint density at radius 1 is 1.04 bits per heavy atom. The largest absolute Gasteiger partial charge is 0.356 e. The van der Waals surface area contributed by atoms with Crippen LogP contribution in [0.5, 0.6) is 0 Å². The number of carbonyl (C=O) groups is 2. The van der Waals surface area contributed by atoms with Gasteiger partial charge in [0.2, 0.25) is 0 Å². The Bertz CT molecular complexity index is 786. The second-order valence-electron chi connectivity index (χ2n) is 6.51. The monoisotopic (exact) mass is 321 g/mol. The summed E-state index contributed by atoms with van der Waals surface area (Å²) >= 11 is 0. The molecule has 0 bridgehead atoms. The molecular formula is C20H19NO3. The Morgan fingerprint density at radius 3 is 2.62 bits per heavy atom. The molecule has 2 heterocycles. The molecule has 2 aliphatic rings. The van der Waals surface area contributed by atoms with Crippen LogP contribution in [0.1, 0.15) is 30.4 Å². The van der Waals surface area contributed by atoms with Gasteiger partial charge in [-0.15, -0.1) is 0 Å². The highest BCUT2D eigenvalue weighted by atomic mass is 16.5. The number of carbonyl (C=O) groups excluding carboxylic acids is 2. The van der Waals surface area contributed by atoms with Crippen LogP contribution in [0, 0.1) is 0 Å². The summed E-state index contributed by atoms with van der Waals surface area (Å²) in [5, 5.41) is 2.86. The Labute approximate surface area is 140 Å². The number of hydrogen-bond donors (Lipinski definition) is 1. The molecule has 2 aliphatic heterocycles. The molecule has 4 heteroatoms. The first kappa shape index (κ1) is 15.1. The fraction of sp³-hybridized carbons (Fsp3) is 0.300. The van der Waals surface area contributed by atoms with Gasteiger partial charge in [0.1, 0.15) is 5.78 Å². The highest BCUT2D eigenvalue weighted by Crippen LogP contribution is 2.45. The molecule has 122 valence electrons. The Hall–Kier alpha value is -2.46. The summed E-state index contributed by atoms with van der Waals surface area (Å²) in [6.45, 7) is 0. The molecule has 0 aromatic heterocycles. The van der Waals surface area contributed by atoms with Gasteiger partial charge in [0, 0.05) is 24.1 Å². The highest BCUT2D eigenvalue weighted by molar-refractivity contribution is 6.07. The maximum absolute atomic E-state index is 12.6. The predicted molar refractivity (Wildman–Crippen MR) is 90.6 cm³/mol. The van der Waals surface area contributed by atoms with Gasteiger partial charge in [0.15, 0.2) is 5.60 Å². The summed E-state index contributed by atoms with van der Waals surface area (Å²) in [6.07, 6.45) is 1.83. The van der Waals surface area contributed by atoms with Crippen LogP contribution in [0.3, 0.4) is 0 Å². The first-order chi connectivity index (χ1) is 11.7. The van der Waals surface area contributed by atoms with Crippen molar-refractivity contribution in [2.24, 2.45) is 0 Å². The van der Waals surface area contributed by atoms with Crippen molar-refractivity contribution in [3.05, 3.63) is 65.7 Å². The molecule has 2 atom stereocenters. The van der Waals surface area contributed by atoms with Gasteiger partial charge in [-0.1, -0.05) is 48.5 Å². The minimum Gasteiger partial charge on any atom is -0.356 e. The molecule has 24 heavy (non-hydrogen) atoms. The van der Waals surface area contributed by atoms with Gasteiger partial charge in [-0.3, -0.25) is 9.59 Å². The summed E-state index contributed by atoms with van der Waals surface area (Å²) in [6, 6.07) is 17.6. The number of hydrogen-bond acceptors (Lipinski definition) is 3. The fourth-order valence-corrected chi connectivity index (χ4v) is 3.69. The van der Waals surface area contributed by atoms with Crippen LogP contribution in [-0.2, 0) is 26.3 Å². The van der Waals surface area contributed by atoms with E-state index in [2.05, 4.69) is 17.4 Å². The van der Waals surface area contributed by atoms with Gasteiger partial charge >= 0.3 is 0 Å². The third-order valence-corrected chi connectivity index (χ3v) is 4.84. The van der Waals surface area contributed by atoms with E-state index in [1.54, 1.807) is 0 Å². The number of Topliss-reactive ketones (excluding diaryl/α,β-unsaturated/α-hetero) is 1. The van der Waals surface area contributed by atoms with E-state index in [1.165, 1.54) is 5.56 Å². The van der Waals surface area contributed by atoms with E-state index >= 15 is 0 Å². The minimum absolute atomic E-state index is 0.0890. The van der Waals surface area contributed by atoms with Gasteiger partial charge < -0.3 is 10.1 Å². The van der Waals surface area contributed by atoms with Crippen LogP contribution in [0.4, 0.5) is 5.69 Å². The van der Waals surface area contributed by atoms with Gasteiger partial charge in [-0.05, 0) is 24.5 Å². The number of aryl methyl sites for hydroxylation is 1. The quantitative estimate of drug-likeness (QED) is 0.944. The number of rotatable bonds is 3. The summed E-state index contributed by atoms with van der Waals surface area (Å²) in [5.41, 5.74) is 1.60. The van der Waals surface area contributed by atoms with Crippen LogP contribution in [0.2, 0.25) is 0 Å². The second-order valence-corrected chi connectivity index (χ2v) is 6.51. The van der Waals surface area contributed by atoms with E-state index in [4.69, 9.17) is 4.74 Å². The van der Waals surface area contributed by atoms with Crippen molar-refractivity contribution in [1.82, 2.24) is 0 Å². The van der Waals surface area contributed by atoms with Crippen molar-refractivity contribution >= 4 is 17.4 Å². The first-order valence-corrected chi connectivity index (χ1v) is 8.32. The predicted octanol–water partition coefficient (Wildman–Crippen LogP) is 3.21. The first-order valence-electron chi connectivity index (χ1n) is 8.32. The van der Waals surface area contributed by atoms with Crippen LogP contribution in [0.25, 0.3) is 0 Å². The lowest BCUT2D eigenvalue weighted by molar-refractivity contribution is -0.170. The maximum Gasteiger partial charge on any atom is 0.261 e. The molecule has 1 saturated heterocycles. The summed E-state index contributed by atoms with van der Waals surface area (Å²) in [4.78, 5) is 24.9. The van der Waals surface area contributed by atoms with E-state index in [9.17, 15) is 9.59 Å². The number of nitrogens with one attached hydrogen (secondary N) is 1. The van der Waals surface area contributed by atoms with Crippen LogP contribution in [0.15, 0.2) is 54.6 Å². The zero-order chi connectivity index (χ0) is 16.6. The molecule has 1 fully saturated rings. The van der Waals surface area contributed by atoms with Gasteiger partial charge in [0.25, 0.3) is 5.91 Å². The standard InChI is InChI=1S/C20H19NO3/c22-15-12-16(11-10-14-6-2-1-3-7-14)24-20(13-15)17-8-4-5-9-18(17)21-19(20)23/h1-9,16H,10-13H2,(H,21,23)/t16-,20?/m1/s1. The van der Waals surface area contributed by atoms with Gasteiger partial charge in [-0.25, -0.2) is 0 Å². The van der Waals surface area contributed by atoms with E-state index in [0.29, 0.717) is 6.42 Å². The summed E-state index contributed by atoms with van der Waals surface area (Å²) < 4.78 is 6.23. The zero-order valence-corrected chi connectivity index (χ0v) is 13.3. The van der Waals surface area contributed by atoms with Crippen LogP contribution in [-0.4, -0.2) is 17.8 Å². The van der Waals surface area contributed by atoms with Crippen molar-refractivity contribution in [1.29, 1.82) is 0 Å². The van der Waals surface area contributed by atoms with Gasteiger partial charge in [-0.2, -0.15) is 0 Å². The molecule has 1 amide bonds. The van der Waals surface area contributed by atoms with Crippen LogP contribution >= 0.6 is 0 Å². The maximum atomic E-state index is 12.6. The lowest BCUT2D eigenvalue weighted by Gasteiger charge is -2.36. The highest BCUT2D eigenvalue weighted by Gasteiger charge is 2.53. The molecule has 2 aromatic carbocycles. The Balaban J connectivity index is 1.57. The smallest absolute Gasteiger partial charge is 0.261 e. The van der Waals surface area contributed by atoms with E-state index in [0.717, 1.165) is 24.1 Å². The SMILES string of the molecule is O=C1C[C@@H](CCc2ccccc2)OC2(C1)C(=O)Nc1ccccc12. The third kappa shape index (κ3) is 2.53. The van der Waals surface area contributed by atoms with Crippen molar-refractivity contribution in [3.8, 4) is 0 Å². The lowest BCUT2D eigenvalue weighted by atomic mass is 9.84. The topological polar surface area (TPSA) is 55.4 Å². The van der Waals surface area contributed by atoms with E-state index < -0.39 is 5.60 Å². The lowest BCUT2D eigenvalue weighted by Crippen LogP contribution is -2.47. The molecule has 0 saturated carbocycles. The zero-order valence-electron chi connectivity index (χ0n) is 13.3. The van der Waals surface area contributed by atoms with Crippen molar-refractivity contribution in [3.63, 3.8) is 0 Å². The van der Waals surface area contributed by atoms with Crippen LogP contribution < -0.4 is 5.32 Å². The average Bonchev–Trinajstić information content (AvgIpc) is 2.85. The molecular weight excluding hydrogens is 302 g/mol. The number of amides is 1. The number of para-hydroxylation sites is 1. The number of ether oxygens (including phenoxy) is 1. The molecule has 2 aromatic rings. The summed E-state index contributed by atoms with van der Waals surface area (Å²) in [5.74, 6) is -0.132. The van der Waals surface area contributed by atoms with Crippen molar-refractivity contribution < 1.29 is 14.3 Å². The molecule has 1 N–H and O–H groups in total. The Morgan fingerprint density at radius 2 is 1.79 bits per heavy atom. The van der Waals surface area contributed by atoms with E-state index in [-0.39, 0.29) is 24.2 Å². The molecule has 4 rings (SSSR count). The number of ketones is 1. The molecule has 4 nitrogen and oxygen atoms in total. The van der Waals surface area contributed by atoms with Gasteiger partial charge in [0.05, 0.1) is 6.10 Å². The normalized spacial score (nSPS) is 25.6. The molecule has 1 spiro atoms. The summed E-state index contributed by atoms with van der Waals surface area (Å²) in [7, 11) is 0. The number of anilines is 1. The third-order valence-electron chi connectivity index (χ3n) is 4.84. The molecule has 1 unspecified atom stereocenters.